The number of alkyl halides is 1. The highest BCUT2D eigenvalue weighted by atomic mass is 19.1. The van der Waals surface area contributed by atoms with Gasteiger partial charge in [-0.1, -0.05) is 0 Å². The van der Waals surface area contributed by atoms with Crippen molar-refractivity contribution in [2.45, 2.75) is 56.5 Å². The Hall–Kier alpha value is -1.92. The molecule has 4 rings (SSSR count). The van der Waals surface area contributed by atoms with Gasteiger partial charge in [-0.05, 0) is 19.3 Å². The highest BCUT2D eigenvalue weighted by Crippen LogP contribution is 2.36. The van der Waals surface area contributed by atoms with Gasteiger partial charge in [0.15, 0.2) is 24.0 Å². The van der Waals surface area contributed by atoms with E-state index in [0.29, 0.717) is 24.2 Å². The number of hydrogen-bond donors (Lipinski definition) is 3. The molecule has 6 atom stereocenters. The van der Waals surface area contributed by atoms with Crippen molar-refractivity contribution >= 4 is 17.0 Å². The van der Waals surface area contributed by atoms with Crippen molar-refractivity contribution in [1.29, 1.82) is 0 Å². The molecule has 2 unspecified atom stereocenters. The molecule has 0 aromatic carbocycles. The molecule has 2 fully saturated rings. The van der Waals surface area contributed by atoms with Crippen LogP contribution >= 0.6 is 0 Å². The van der Waals surface area contributed by atoms with E-state index in [2.05, 4.69) is 15.0 Å². The molecule has 0 spiro atoms. The van der Waals surface area contributed by atoms with Crippen molar-refractivity contribution in [3.8, 4) is 0 Å². The lowest BCUT2D eigenvalue weighted by molar-refractivity contribution is -0.223. The number of fused-ring (bicyclic) bond motifs is 1. The molecule has 4 heterocycles. The fraction of sp³-hybridized carbons (Fsp3) is 0.667. The number of aliphatic hydroxyl groups excluding tert-OH is 2. The smallest absolute Gasteiger partial charge is 0.225 e. The summed E-state index contributed by atoms with van der Waals surface area (Å²) < 4.78 is 31.9. The first kappa shape index (κ1) is 17.5. The van der Waals surface area contributed by atoms with Gasteiger partial charge < -0.3 is 30.2 Å². The standard InChI is InChI=1S/C15H20FN5O5/c16-12(23)11-10(25-7-3-1-2-4-24-7)9(22)15(26-11)21-6-20-8-13(17)18-5-19-14(8)21/h5-7,9-12,15,22-23H,1-4H2,(H2,17,18,19)/t7?,9-,10+,11+,12?,15-/m1/s1. The predicted molar refractivity (Wildman–Crippen MR) is 85.2 cm³/mol. The summed E-state index contributed by atoms with van der Waals surface area (Å²) in [4.78, 5) is 12.0. The summed E-state index contributed by atoms with van der Waals surface area (Å²) in [6.07, 6.45) is -2.66. The van der Waals surface area contributed by atoms with E-state index in [9.17, 15) is 14.6 Å². The summed E-state index contributed by atoms with van der Waals surface area (Å²) >= 11 is 0. The SMILES string of the molecule is Nc1ncnc2c1ncn2[C@@H]1O[C@H](C(O)F)[C@@H](OC2CCCCO2)[C@H]1O. The lowest BCUT2D eigenvalue weighted by Crippen LogP contribution is -2.42. The van der Waals surface area contributed by atoms with Gasteiger partial charge in [0.2, 0.25) is 6.36 Å². The van der Waals surface area contributed by atoms with Gasteiger partial charge in [0, 0.05) is 6.61 Å². The average Bonchev–Trinajstić information content (AvgIpc) is 3.19. The Kier molecular flexibility index (Phi) is 4.71. The molecule has 142 valence electrons. The van der Waals surface area contributed by atoms with Crippen molar-refractivity contribution in [1.82, 2.24) is 19.5 Å². The van der Waals surface area contributed by atoms with Gasteiger partial charge in [0.25, 0.3) is 0 Å². The number of nitrogens with zero attached hydrogens (tertiary/aromatic N) is 4. The zero-order valence-corrected chi connectivity index (χ0v) is 13.8. The number of nitrogen functional groups attached to an aromatic ring is 1. The molecule has 0 radical (unpaired) electrons. The third-order valence-electron chi connectivity index (χ3n) is 4.63. The van der Waals surface area contributed by atoms with E-state index in [0.717, 1.165) is 12.8 Å². The van der Waals surface area contributed by atoms with Gasteiger partial charge >= 0.3 is 0 Å². The molecule has 11 heteroatoms. The Labute approximate surface area is 147 Å². The average molecular weight is 369 g/mol. The maximum absolute atomic E-state index is 13.7. The van der Waals surface area contributed by atoms with Crippen LogP contribution in [0.1, 0.15) is 25.5 Å². The molecule has 2 aromatic heterocycles. The van der Waals surface area contributed by atoms with Crippen molar-refractivity contribution in [3.05, 3.63) is 12.7 Å². The first-order valence-electron chi connectivity index (χ1n) is 8.42. The minimum absolute atomic E-state index is 0.173. The Bertz CT molecular complexity index is 768. The van der Waals surface area contributed by atoms with E-state index in [1.165, 1.54) is 17.2 Å². The number of imidazole rings is 1. The van der Waals surface area contributed by atoms with Gasteiger partial charge in [-0.15, -0.1) is 0 Å². The third kappa shape index (κ3) is 3.01. The van der Waals surface area contributed by atoms with Gasteiger partial charge in [-0.3, -0.25) is 4.57 Å². The Morgan fingerprint density at radius 2 is 2.19 bits per heavy atom. The van der Waals surface area contributed by atoms with Crippen molar-refractivity contribution in [2.24, 2.45) is 0 Å². The fourth-order valence-corrected chi connectivity index (χ4v) is 3.33. The lowest BCUT2D eigenvalue weighted by Gasteiger charge is -2.29. The first-order valence-corrected chi connectivity index (χ1v) is 8.42. The van der Waals surface area contributed by atoms with Crippen LogP contribution in [0, 0.1) is 0 Å². The summed E-state index contributed by atoms with van der Waals surface area (Å²) in [5, 5.41) is 20.1. The quantitative estimate of drug-likeness (QED) is 0.672. The number of hydrogen-bond acceptors (Lipinski definition) is 9. The second-order valence-electron chi connectivity index (χ2n) is 6.33. The highest BCUT2D eigenvalue weighted by molar-refractivity contribution is 5.81. The van der Waals surface area contributed by atoms with Crippen LogP contribution in [-0.4, -0.2) is 67.3 Å². The maximum Gasteiger partial charge on any atom is 0.225 e. The first-order chi connectivity index (χ1) is 12.6. The Morgan fingerprint density at radius 3 is 2.92 bits per heavy atom. The van der Waals surface area contributed by atoms with Gasteiger partial charge in [0.05, 0.1) is 6.33 Å². The topological polar surface area (TPSA) is 138 Å². The minimum atomic E-state index is -2.34. The van der Waals surface area contributed by atoms with E-state index in [1.54, 1.807) is 0 Å². The number of nitrogens with two attached hydrogens (primary N) is 1. The van der Waals surface area contributed by atoms with Crippen LogP contribution in [0.5, 0.6) is 0 Å². The van der Waals surface area contributed by atoms with Crippen LogP contribution in [0.15, 0.2) is 12.7 Å². The number of rotatable bonds is 4. The van der Waals surface area contributed by atoms with Crippen molar-refractivity contribution in [3.63, 3.8) is 0 Å². The summed E-state index contributed by atoms with van der Waals surface area (Å²) in [5.74, 6) is 0.173. The molecule has 2 aliphatic rings. The molecule has 0 bridgehead atoms. The second kappa shape index (κ2) is 7.00. The van der Waals surface area contributed by atoms with E-state index in [-0.39, 0.29) is 5.82 Å². The zero-order valence-electron chi connectivity index (χ0n) is 13.8. The van der Waals surface area contributed by atoms with Gasteiger partial charge in [-0.2, -0.15) is 0 Å². The number of anilines is 1. The molecule has 0 amide bonds. The predicted octanol–water partition coefficient (Wildman–Crippen LogP) is -0.134. The van der Waals surface area contributed by atoms with Crippen LogP contribution in [0.3, 0.4) is 0 Å². The van der Waals surface area contributed by atoms with E-state index >= 15 is 0 Å². The van der Waals surface area contributed by atoms with Crippen LogP contribution in [0.25, 0.3) is 11.2 Å². The summed E-state index contributed by atoms with van der Waals surface area (Å²) in [7, 11) is 0. The zero-order chi connectivity index (χ0) is 18.3. The third-order valence-corrected chi connectivity index (χ3v) is 4.63. The van der Waals surface area contributed by atoms with Crippen LogP contribution in [-0.2, 0) is 14.2 Å². The molecule has 0 aliphatic carbocycles. The Morgan fingerprint density at radius 1 is 1.35 bits per heavy atom. The van der Waals surface area contributed by atoms with Crippen LogP contribution < -0.4 is 5.73 Å². The summed E-state index contributed by atoms with van der Waals surface area (Å²) in [6.45, 7) is 0.531. The molecule has 2 saturated heterocycles. The van der Waals surface area contributed by atoms with Crippen molar-refractivity contribution < 1.29 is 28.8 Å². The Balaban J connectivity index is 1.61. The monoisotopic (exact) mass is 369 g/mol. The number of ether oxygens (including phenoxy) is 3. The van der Waals surface area contributed by atoms with E-state index < -0.39 is 37.2 Å². The molecule has 26 heavy (non-hydrogen) atoms. The van der Waals surface area contributed by atoms with E-state index in [4.69, 9.17) is 19.9 Å². The number of halogens is 1. The fourth-order valence-electron chi connectivity index (χ4n) is 3.33. The van der Waals surface area contributed by atoms with Crippen LogP contribution in [0.2, 0.25) is 0 Å². The molecule has 0 saturated carbocycles. The molecule has 4 N–H and O–H groups in total. The minimum Gasteiger partial charge on any atom is -0.386 e. The molecule has 2 aromatic rings. The summed E-state index contributed by atoms with van der Waals surface area (Å²) in [6, 6.07) is 0. The van der Waals surface area contributed by atoms with Crippen LogP contribution in [0.4, 0.5) is 10.2 Å². The maximum atomic E-state index is 13.7. The van der Waals surface area contributed by atoms with Crippen molar-refractivity contribution in [2.75, 3.05) is 12.3 Å². The molecule has 10 nitrogen and oxygen atoms in total. The largest absolute Gasteiger partial charge is 0.386 e. The molecular formula is C15H20FN5O5. The number of aliphatic hydroxyl groups is 2. The summed E-state index contributed by atoms with van der Waals surface area (Å²) in [5.41, 5.74) is 6.41. The second-order valence-corrected chi connectivity index (χ2v) is 6.33. The molecular weight excluding hydrogens is 349 g/mol. The number of aromatic nitrogens is 4. The van der Waals surface area contributed by atoms with Gasteiger partial charge in [-0.25, -0.2) is 19.3 Å². The molecule has 2 aliphatic heterocycles. The van der Waals surface area contributed by atoms with Gasteiger partial charge in [0.1, 0.15) is 30.2 Å². The highest BCUT2D eigenvalue weighted by Gasteiger charge is 2.50. The lowest BCUT2D eigenvalue weighted by atomic mass is 10.1. The van der Waals surface area contributed by atoms with E-state index in [1.807, 2.05) is 0 Å². The normalized spacial score (nSPS) is 33.6.